The maximum atomic E-state index is 12.4. The van der Waals surface area contributed by atoms with E-state index in [2.05, 4.69) is 0 Å². The summed E-state index contributed by atoms with van der Waals surface area (Å²) in [6.07, 6.45) is 0.405. The maximum absolute atomic E-state index is 12.4. The number of benzene rings is 1. The van der Waals surface area contributed by atoms with Gasteiger partial charge in [-0.1, -0.05) is 0 Å². The summed E-state index contributed by atoms with van der Waals surface area (Å²) in [6, 6.07) is 2.67. The zero-order valence-electron chi connectivity index (χ0n) is 16.0. The average Bonchev–Trinajstić information content (AvgIpc) is 2.99. The Morgan fingerprint density at radius 1 is 1.19 bits per heavy atom. The van der Waals surface area contributed by atoms with Crippen LogP contribution in [0.2, 0.25) is 0 Å². The van der Waals surface area contributed by atoms with E-state index in [-0.39, 0.29) is 23.1 Å². The SMILES string of the molecule is CCN(C(=O)COC(=O)c1cc(OC)c(C)c(OC)c1)C1CCS(=O)(=O)C1. The summed E-state index contributed by atoms with van der Waals surface area (Å²) in [5.41, 5.74) is 0.945. The zero-order chi connectivity index (χ0) is 20.2. The van der Waals surface area contributed by atoms with Crippen molar-refractivity contribution in [1.82, 2.24) is 4.90 Å². The number of likely N-dealkylation sites (N-methyl/N-ethyl adjacent to an activating group) is 1. The van der Waals surface area contributed by atoms with Crippen LogP contribution in [0.3, 0.4) is 0 Å². The van der Waals surface area contributed by atoms with E-state index in [9.17, 15) is 18.0 Å². The van der Waals surface area contributed by atoms with E-state index in [0.29, 0.717) is 24.5 Å². The molecule has 0 radical (unpaired) electrons. The number of rotatable bonds is 7. The predicted molar refractivity (Wildman–Crippen MR) is 99.0 cm³/mol. The molecule has 1 amide bonds. The highest BCUT2D eigenvalue weighted by atomic mass is 32.2. The lowest BCUT2D eigenvalue weighted by Crippen LogP contribution is -2.43. The molecule has 1 aliphatic heterocycles. The number of hydrogen-bond acceptors (Lipinski definition) is 7. The van der Waals surface area contributed by atoms with Crippen molar-refractivity contribution in [3.63, 3.8) is 0 Å². The number of hydrogen-bond donors (Lipinski definition) is 0. The monoisotopic (exact) mass is 399 g/mol. The van der Waals surface area contributed by atoms with Gasteiger partial charge in [-0.2, -0.15) is 0 Å². The Hall–Kier alpha value is -2.29. The van der Waals surface area contributed by atoms with Crippen molar-refractivity contribution in [2.24, 2.45) is 0 Å². The highest BCUT2D eigenvalue weighted by Gasteiger charge is 2.34. The van der Waals surface area contributed by atoms with E-state index in [0.717, 1.165) is 5.56 Å². The molecule has 0 N–H and O–H groups in total. The molecule has 0 spiro atoms. The van der Waals surface area contributed by atoms with Crippen LogP contribution in [0.25, 0.3) is 0 Å². The molecule has 8 nitrogen and oxygen atoms in total. The van der Waals surface area contributed by atoms with E-state index in [1.165, 1.54) is 31.3 Å². The quantitative estimate of drug-likeness (QED) is 0.635. The number of carbonyl (C=O) groups excluding carboxylic acids is 2. The van der Waals surface area contributed by atoms with E-state index in [1.807, 2.05) is 0 Å². The molecule has 1 atom stereocenters. The highest BCUT2D eigenvalue weighted by Crippen LogP contribution is 2.29. The molecule has 1 aliphatic rings. The van der Waals surface area contributed by atoms with Gasteiger partial charge in [-0.15, -0.1) is 0 Å². The van der Waals surface area contributed by atoms with Crippen LogP contribution in [-0.2, 0) is 19.4 Å². The first-order valence-corrected chi connectivity index (χ1v) is 10.4. The van der Waals surface area contributed by atoms with Gasteiger partial charge in [-0.3, -0.25) is 4.79 Å². The molecule has 0 saturated carbocycles. The van der Waals surface area contributed by atoms with Crippen molar-refractivity contribution < 1.29 is 32.2 Å². The molecule has 150 valence electrons. The molecule has 1 aromatic rings. The van der Waals surface area contributed by atoms with Gasteiger partial charge in [-0.05, 0) is 32.4 Å². The van der Waals surface area contributed by atoms with Gasteiger partial charge in [0.2, 0.25) is 0 Å². The average molecular weight is 399 g/mol. The largest absolute Gasteiger partial charge is 0.496 e. The molecular weight excluding hydrogens is 374 g/mol. The lowest BCUT2D eigenvalue weighted by atomic mass is 10.1. The van der Waals surface area contributed by atoms with E-state index < -0.39 is 28.3 Å². The first-order chi connectivity index (χ1) is 12.7. The first kappa shape index (κ1) is 21.0. The number of sulfone groups is 1. The summed E-state index contributed by atoms with van der Waals surface area (Å²) in [7, 11) is -0.145. The van der Waals surface area contributed by atoms with Crippen LogP contribution >= 0.6 is 0 Å². The molecule has 27 heavy (non-hydrogen) atoms. The van der Waals surface area contributed by atoms with Crippen molar-refractivity contribution in [2.45, 2.75) is 26.3 Å². The lowest BCUT2D eigenvalue weighted by Gasteiger charge is -2.26. The molecule has 1 saturated heterocycles. The smallest absolute Gasteiger partial charge is 0.338 e. The van der Waals surface area contributed by atoms with Gasteiger partial charge in [0.05, 0.1) is 31.3 Å². The minimum atomic E-state index is -3.11. The fraction of sp³-hybridized carbons (Fsp3) is 0.556. The summed E-state index contributed by atoms with van der Waals surface area (Å²) in [5, 5.41) is 0. The number of carbonyl (C=O) groups is 2. The molecule has 0 aromatic heterocycles. The Labute approximate surface area is 159 Å². The Kier molecular flexibility index (Phi) is 6.69. The minimum absolute atomic E-state index is 0.0487. The summed E-state index contributed by atoms with van der Waals surface area (Å²) in [6.45, 7) is 3.45. The third-order valence-corrected chi connectivity index (χ3v) is 6.38. The number of nitrogens with zero attached hydrogens (tertiary/aromatic N) is 1. The standard InChI is InChI=1S/C18H25NO7S/c1-5-19(14-6-7-27(22,23)11-14)17(20)10-26-18(21)13-8-15(24-3)12(2)16(9-13)25-4/h8-9,14H,5-7,10-11H2,1-4H3. The Bertz CT molecular complexity index is 794. The molecular formula is C18H25NO7S. The second kappa shape index (κ2) is 8.60. The van der Waals surface area contributed by atoms with Crippen molar-refractivity contribution in [3.05, 3.63) is 23.3 Å². The summed E-state index contributed by atoms with van der Waals surface area (Å²) in [4.78, 5) is 26.2. The van der Waals surface area contributed by atoms with Gasteiger partial charge < -0.3 is 19.1 Å². The van der Waals surface area contributed by atoms with Crippen molar-refractivity contribution in [3.8, 4) is 11.5 Å². The maximum Gasteiger partial charge on any atom is 0.338 e. The van der Waals surface area contributed by atoms with Gasteiger partial charge in [0.25, 0.3) is 5.91 Å². The van der Waals surface area contributed by atoms with E-state index >= 15 is 0 Å². The second-order valence-electron chi connectivity index (χ2n) is 6.32. The molecule has 1 heterocycles. The molecule has 1 fully saturated rings. The van der Waals surface area contributed by atoms with Crippen LogP contribution in [0.5, 0.6) is 11.5 Å². The number of methoxy groups -OCH3 is 2. The van der Waals surface area contributed by atoms with Crippen LogP contribution < -0.4 is 9.47 Å². The third-order valence-electron chi connectivity index (χ3n) is 4.62. The number of ether oxygens (including phenoxy) is 3. The van der Waals surface area contributed by atoms with Crippen LogP contribution in [0.1, 0.15) is 29.3 Å². The van der Waals surface area contributed by atoms with Gasteiger partial charge in [0, 0.05) is 18.2 Å². The second-order valence-corrected chi connectivity index (χ2v) is 8.55. The van der Waals surface area contributed by atoms with Crippen LogP contribution in [0, 0.1) is 6.92 Å². The molecule has 2 rings (SSSR count). The van der Waals surface area contributed by atoms with Gasteiger partial charge in [0.1, 0.15) is 11.5 Å². The van der Waals surface area contributed by atoms with Crippen LogP contribution in [0.15, 0.2) is 12.1 Å². The van der Waals surface area contributed by atoms with E-state index in [1.54, 1.807) is 13.8 Å². The third kappa shape index (κ3) is 4.91. The Morgan fingerprint density at radius 2 is 1.78 bits per heavy atom. The zero-order valence-corrected chi connectivity index (χ0v) is 16.8. The van der Waals surface area contributed by atoms with Crippen molar-refractivity contribution >= 4 is 21.7 Å². The molecule has 0 bridgehead atoms. The van der Waals surface area contributed by atoms with Gasteiger partial charge >= 0.3 is 5.97 Å². The van der Waals surface area contributed by atoms with Crippen LogP contribution in [0.4, 0.5) is 0 Å². The minimum Gasteiger partial charge on any atom is -0.496 e. The number of esters is 1. The summed E-state index contributed by atoms with van der Waals surface area (Å²) in [5.74, 6) is -0.135. The Balaban J connectivity index is 2.05. The molecule has 1 aromatic carbocycles. The highest BCUT2D eigenvalue weighted by molar-refractivity contribution is 7.91. The van der Waals surface area contributed by atoms with E-state index in [4.69, 9.17) is 14.2 Å². The topological polar surface area (TPSA) is 99.2 Å². The molecule has 0 aliphatic carbocycles. The first-order valence-electron chi connectivity index (χ1n) is 8.62. The number of amides is 1. The molecule has 1 unspecified atom stereocenters. The van der Waals surface area contributed by atoms with Crippen molar-refractivity contribution in [1.29, 1.82) is 0 Å². The summed E-state index contributed by atoms with van der Waals surface area (Å²) >= 11 is 0. The van der Waals surface area contributed by atoms with Gasteiger partial charge in [0.15, 0.2) is 16.4 Å². The fourth-order valence-corrected chi connectivity index (χ4v) is 4.89. The fourth-order valence-electron chi connectivity index (χ4n) is 3.16. The summed E-state index contributed by atoms with van der Waals surface area (Å²) < 4.78 is 38.9. The molecule has 9 heteroatoms. The Morgan fingerprint density at radius 3 is 2.22 bits per heavy atom. The van der Waals surface area contributed by atoms with Gasteiger partial charge in [-0.25, -0.2) is 13.2 Å². The lowest BCUT2D eigenvalue weighted by molar-refractivity contribution is -0.136. The predicted octanol–water partition coefficient (Wildman–Crippen LogP) is 1.20. The van der Waals surface area contributed by atoms with Crippen LogP contribution in [-0.4, -0.2) is 70.1 Å². The normalized spacial score (nSPS) is 18.0. The van der Waals surface area contributed by atoms with Crippen molar-refractivity contribution in [2.75, 3.05) is 38.9 Å².